The number of hydrogen-bond acceptors (Lipinski definition) is 1. The second kappa shape index (κ2) is 5.02. The van der Waals surface area contributed by atoms with Crippen LogP contribution in [-0.2, 0) is 6.42 Å². The first-order valence-corrected chi connectivity index (χ1v) is 7.17. The number of nitrogens with one attached hydrogen (secondary N) is 1. The van der Waals surface area contributed by atoms with Gasteiger partial charge in [-0.1, -0.05) is 24.3 Å². The minimum absolute atomic E-state index is 0.120. The van der Waals surface area contributed by atoms with Gasteiger partial charge in [-0.2, -0.15) is 0 Å². The van der Waals surface area contributed by atoms with Crippen LogP contribution in [0.15, 0.2) is 30.3 Å². The van der Waals surface area contributed by atoms with E-state index in [-0.39, 0.29) is 5.82 Å². The number of aryl methyl sites for hydroxylation is 3. The Morgan fingerprint density at radius 1 is 1.15 bits per heavy atom. The molecule has 2 heteroatoms. The maximum atomic E-state index is 14.3. The van der Waals surface area contributed by atoms with Crippen molar-refractivity contribution in [2.24, 2.45) is 0 Å². The Balaban J connectivity index is 2.09. The quantitative estimate of drug-likeness (QED) is 0.856. The molecule has 20 heavy (non-hydrogen) atoms. The summed E-state index contributed by atoms with van der Waals surface area (Å²) in [4.78, 5) is 0. The zero-order chi connectivity index (χ0) is 14.3. The first-order valence-electron chi connectivity index (χ1n) is 7.17. The van der Waals surface area contributed by atoms with Crippen LogP contribution in [-0.4, -0.2) is 7.05 Å². The number of halogens is 1. The van der Waals surface area contributed by atoms with Crippen LogP contribution < -0.4 is 5.32 Å². The van der Waals surface area contributed by atoms with Gasteiger partial charge < -0.3 is 5.32 Å². The summed E-state index contributed by atoms with van der Waals surface area (Å²) >= 11 is 0. The van der Waals surface area contributed by atoms with Crippen LogP contribution in [0.1, 0.15) is 34.7 Å². The predicted molar refractivity (Wildman–Crippen MR) is 81.4 cm³/mol. The van der Waals surface area contributed by atoms with Crippen molar-refractivity contribution in [3.05, 3.63) is 58.4 Å². The molecule has 1 nitrogen and oxygen atoms in total. The van der Waals surface area contributed by atoms with E-state index in [1.165, 1.54) is 11.1 Å². The summed E-state index contributed by atoms with van der Waals surface area (Å²) in [5, 5.41) is 3.34. The van der Waals surface area contributed by atoms with Gasteiger partial charge in [-0.25, -0.2) is 4.39 Å². The van der Waals surface area contributed by atoms with Gasteiger partial charge in [0.2, 0.25) is 0 Å². The Hall–Kier alpha value is -1.67. The predicted octanol–water partition coefficient (Wildman–Crippen LogP) is 4.32. The minimum atomic E-state index is -0.120. The van der Waals surface area contributed by atoms with Gasteiger partial charge in [0.25, 0.3) is 0 Å². The van der Waals surface area contributed by atoms with E-state index < -0.39 is 0 Å². The van der Waals surface area contributed by atoms with Crippen molar-refractivity contribution in [2.45, 2.75) is 32.7 Å². The molecule has 0 aliphatic heterocycles. The lowest BCUT2D eigenvalue weighted by atomic mass is 9.95. The molecule has 1 atom stereocenters. The van der Waals surface area contributed by atoms with Crippen LogP contribution in [0.4, 0.5) is 4.39 Å². The SMILES string of the molecule is CNC1CCc2cc(-c3c(C)cc(C)cc3F)ccc21. The standard InChI is InChI=1S/C18H20FN/c1-11-8-12(2)18(16(19)9-11)14-4-6-15-13(10-14)5-7-17(15)20-3/h4,6,8-10,17,20H,5,7H2,1-3H3. The Kier molecular flexibility index (Phi) is 3.35. The highest BCUT2D eigenvalue weighted by atomic mass is 19.1. The molecule has 0 saturated carbocycles. The molecule has 1 aliphatic rings. The van der Waals surface area contributed by atoms with Gasteiger partial charge in [0.1, 0.15) is 5.82 Å². The van der Waals surface area contributed by atoms with Crippen molar-refractivity contribution in [1.29, 1.82) is 0 Å². The summed E-state index contributed by atoms with van der Waals surface area (Å²) in [6.45, 7) is 3.91. The summed E-state index contributed by atoms with van der Waals surface area (Å²) in [7, 11) is 2.00. The number of hydrogen-bond donors (Lipinski definition) is 1. The first kappa shape index (κ1) is 13.3. The van der Waals surface area contributed by atoms with Crippen LogP contribution in [0.25, 0.3) is 11.1 Å². The van der Waals surface area contributed by atoms with Crippen LogP contribution in [0, 0.1) is 19.7 Å². The van der Waals surface area contributed by atoms with Crippen LogP contribution in [0.5, 0.6) is 0 Å². The van der Waals surface area contributed by atoms with Crippen molar-refractivity contribution in [3.63, 3.8) is 0 Å². The van der Waals surface area contributed by atoms with E-state index in [2.05, 4.69) is 23.5 Å². The topological polar surface area (TPSA) is 12.0 Å². The molecule has 0 heterocycles. The molecule has 0 aromatic heterocycles. The molecule has 0 spiro atoms. The summed E-state index contributed by atoms with van der Waals surface area (Å²) in [6, 6.07) is 10.5. The van der Waals surface area contributed by atoms with Crippen molar-refractivity contribution in [2.75, 3.05) is 7.05 Å². The lowest BCUT2D eigenvalue weighted by molar-refractivity contribution is 0.590. The molecule has 3 rings (SSSR count). The molecule has 0 amide bonds. The average molecular weight is 269 g/mol. The molecular weight excluding hydrogens is 249 g/mol. The minimum Gasteiger partial charge on any atom is -0.313 e. The zero-order valence-corrected chi connectivity index (χ0v) is 12.3. The highest BCUT2D eigenvalue weighted by molar-refractivity contribution is 5.70. The highest BCUT2D eigenvalue weighted by Gasteiger charge is 2.21. The van der Waals surface area contributed by atoms with Crippen LogP contribution in [0.2, 0.25) is 0 Å². The molecule has 1 N–H and O–H groups in total. The largest absolute Gasteiger partial charge is 0.313 e. The Morgan fingerprint density at radius 3 is 2.65 bits per heavy atom. The first-order chi connectivity index (χ1) is 9.60. The molecule has 0 fully saturated rings. The van der Waals surface area contributed by atoms with Crippen molar-refractivity contribution >= 4 is 0 Å². The van der Waals surface area contributed by atoms with E-state index in [9.17, 15) is 4.39 Å². The lowest BCUT2D eigenvalue weighted by Crippen LogP contribution is -2.12. The summed E-state index contributed by atoms with van der Waals surface area (Å²) in [5.74, 6) is -0.120. The Morgan fingerprint density at radius 2 is 1.95 bits per heavy atom. The van der Waals surface area contributed by atoms with E-state index in [4.69, 9.17) is 0 Å². The molecule has 1 unspecified atom stereocenters. The molecule has 0 bridgehead atoms. The third-order valence-corrected chi connectivity index (χ3v) is 4.29. The maximum absolute atomic E-state index is 14.3. The lowest BCUT2D eigenvalue weighted by Gasteiger charge is -2.13. The fourth-order valence-corrected chi connectivity index (χ4v) is 3.35. The van der Waals surface area contributed by atoms with E-state index in [1.54, 1.807) is 6.07 Å². The molecule has 0 saturated heterocycles. The van der Waals surface area contributed by atoms with Gasteiger partial charge >= 0.3 is 0 Å². The number of fused-ring (bicyclic) bond motifs is 1. The highest BCUT2D eigenvalue weighted by Crippen LogP contribution is 2.35. The normalized spacial score (nSPS) is 17.3. The second-order valence-corrected chi connectivity index (χ2v) is 5.73. The van der Waals surface area contributed by atoms with Crippen molar-refractivity contribution in [1.82, 2.24) is 5.32 Å². The molecule has 1 aliphatic carbocycles. The van der Waals surface area contributed by atoms with Crippen molar-refractivity contribution < 1.29 is 4.39 Å². The average Bonchev–Trinajstić information content (AvgIpc) is 2.79. The summed E-state index contributed by atoms with van der Waals surface area (Å²) in [6.07, 6.45) is 2.20. The number of rotatable bonds is 2. The van der Waals surface area contributed by atoms with Gasteiger partial charge in [0.15, 0.2) is 0 Å². The van der Waals surface area contributed by atoms with Crippen molar-refractivity contribution in [3.8, 4) is 11.1 Å². The van der Waals surface area contributed by atoms with E-state index in [0.29, 0.717) is 6.04 Å². The third kappa shape index (κ3) is 2.14. The molecule has 2 aromatic rings. The van der Waals surface area contributed by atoms with E-state index in [0.717, 1.165) is 35.1 Å². The Labute approximate surface area is 119 Å². The molecule has 2 aromatic carbocycles. The smallest absolute Gasteiger partial charge is 0.131 e. The fraction of sp³-hybridized carbons (Fsp3) is 0.333. The number of benzene rings is 2. The summed E-state index contributed by atoms with van der Waals surface area (Å²) in [5.41, 5.74) is 6.43. The second-order valence-electron chi connectivity index (χ2n) is 5.73. The van der Waals surface area contributed by atoms with E-state index >= 15 is 0 Å². The Bertz CT molecular complexity index is 637. The molecular formula is C18H20FN. The van der Waals surface area contributed by atoms with Gasteiger partial charge in [-0.15, -0.1) is 0 Å². The fourth-order valence-electron chi connectivity index (χ4n) is 3.35. The summed E-state index contributed by atoms with van der Waals surface area (Å²) < 4.78 is 14.3. The van der Waals surface area contributed by atoms with E-state index in [1.807, 2.05) is 27.0 Å². The zero-order valence-electron chi connectivity index (χ0n) is 12.3. The van der Waals surface area contributed by atoms with Gasteiger partial charge in [-0.3, -0.25) is 0 Å². The molecule has 0 radical (unpaired) electrons. The van der Waals surface area contributed by atoms with Gasteiger partial charge in [0.05, 0.1) is 0 Å². The third-order valence-electron chi connectivity index (χ3n) is 4.29. The van der Waals surface area contributed by atoms with Crippen LogP contribution >= 0.6 is 0 Å². The van der Waals surface area contributed by atoms with Gasteiger partial charge in [-0.05, 0) is 67.6 Å². The van der Waals surface area contributed by atoms with Gasteiger partial charge in [0, 0.05) is 11.6 Å². The maximum Gasteiger partial charge on any atom is 0.131 e. The van der Waals surface area contributed by atoms with Crippen LogP contribution in [0.3, 0.4) is 0 Å². The monoisotopic (exact) mass is 269 g/mol. The molecule has 104 valence electrons.